The highest BCUT2D eigenvalue weighted by atomic mass is 16.6. The number of aromatic nitrogens is 2. The molecule has 0 aliphatic carbocycles. The molecule has 18 heavy (non-hydrogen) atoms. The van der Waals surface area contributed by atoms with Gasteiger partial charge in [0.15, 0.2) is 0 Å². The summed E-state index contributed by atoms with van der Waals surface area (Å²) in [5.41, 5.74) is 1.31. The molecule has 0 radical (unpaired) electrons. The van der Waals surface area contributed by atoms with Gasteiger partial charge in [-0.25, -0.2) is 4.98 Å². The molecule has 0 atom stereocenters. The third-order valence-electron chi connectivity index (χ3n) is 2.79. The highest BCUT2D eigenvalue weighted by molar-refractivity contribution is 5.78. The van der Waals surface area contributed by atoms with E-state index >= 15 is 0 Å². The Hall–Kier alpha value is -2.69. The number of para-hydroxylation sites is 2. The lowest BCUT2D eigenvalue weighted by molar-refractivity contribution is -0.384. The van der Waals surface area contributed by atoms with Gasteiger partial charge in [0.25, 0.3) is 5.69 Å². The maximum atomic E-state index is 11.0. The van der Waals surface area contributed by atoms with E-state index in [1.54, 1.807) is 35.2 Å². The molecule has 88 valence electrons. The molecule has 1 aromatic carbocycles. The van der Waals surface area contributed by atoms with E-state index in [9.17, 15) is 10.1 Å². The Balaban J connectivity index is 2.30. The van der Waals surface area contributed by atoms with Crippen molar-refractivity contribution in [2.24, 2.45) is 0 Å². The summed E-state index contributed by atoms with van der Waals surface area (Å²) in [5, 5.41) is 12.0. The molecule has 0 fully saturated rings. The van der Waals surface area contributed by atoms with Crippen LogP contribution < -0.4 is 0 Å². The number of hydrogen-bond donors (Lipinski definition) is 0. The molecule has 0 N–H and O–H groups in total. The lowest BCUT2D eigenvalue weighted by Crippen LogP contribution is -1.99. The van der Waals surface area contributed by atoms with Crippen LogP contribution in [-0.4, -0.2) is 14.5 Å². The topological polar surface area (TPSA) is 61.0 Å². The number of hydrogen-bond acceptors (Lipinski definition) is 3. The van der Waals surface area contributed by atoms with Crippen molar-refractivity contribution in [2.45, 2.75) is 0 Å². The van der Waals surface area contributed by atoms with Crippen molar-refractivity contribution in [2.75, 3.05) is 0 Å². The molecule has 2 aromatic heterocycles. The molecule has 0 saturated carbocycles. The van der Waals surface area contributed by atoms with E-state index in [4.69, 9.17) is 0 Å². The highest BCUT2D eigenvalue weighted by Gasteiger charge is 2.15. The van der Waals surface area contributed by atoms with Gasteiger partial charge in [0.05, 0.1) is 4.92 Å². The molecule has 0 aliphatic rings. The van der Waals surface area contributed by atoms with Crippen molar-refractivity contribution in [3.05, 3.63) is 65.0 Å². The molecule has 3 aromatic rings. The minimum Gasteiger partial charge on any atom is -0.295 e. The number of fused-ring (bicyclic) bond motifs is 1. The van der Waals surface area contributed by atoms with Gasteiger partial charge >= 0.3 is 0 Å². The van der Waals surface area contributed by atoms with Crippen molar-refractivity contribution in [1.82, 2.24) is 9.55 Å². The van der Waals surface area contributed by atoms with Crippen LogP contribution in [0.15, 0.2) is 54.9 Å². The van der Waals surface area contributed by atoms with Gasteiger partial charge in [-0.15, -0.1) is 0 Å². The van der Waals surface area contributed by atoms with Crippen LogP contribution in [0, 0.1) is 10.1 Å². The summed E-state index contributed by atoms with van der Waals surface area (Å²) in [4.78, 5) is 14.9. The van der Waals surface area contributed by atoms with Crippen LogP contribution in [0.4, 0.5) is 5.69 Å². The number of benzene rings is 1. The van der Waals surface area contributed by atoms with Crippen LogP contribution in [0.3, 0.4) is 0 Å². The van der Waals surface area contributed by atoms with E-state index in [0.717, 1.165) is 5.39 Å². The van der Waals surface area contributed by atoms with Crippen molar-refractivity contribution < 1.29 is 4.92 Å². The predicted molar refractivity (Wildman–Crippen MR) is 67.7 cm³/mol. The maximum absolute atomic E-state index is 11.0. The fourth-order valence-electron chi connectivity index (χ4n) is 1.98. The van der Waals surface area contributed by atoms with Crippen LogP contribution in [-0.2, 0) is 0 Å². The van der Waals surface area contributed by atoms with E-state index in [-0.39, 0.29) is 10.6 Å². The Labute approximate surface area is 102 Å². The smallest absolute Gasteiger partial charge is 0.293 e. The van der Waals surface area contributed by atoms with Crippen LogP contribution in [0.5, 0.6) is 0 Å². The quantitative estimate of drug-likeness (QED) is 0.510. The number of nitro benzene ring substituents is 1. The zero-order valence-corrected chi connectivity index (χ0v) is 9.35. The average Bonchev–Trinajstić information content (AvgIpc) is 2.82. The number of rotatable bonds is 2. The van der Waals surface area contributed by atoms with Crippen molar-refractivity contribution in [3.63, 3.8) is 0 Å². The van der Waals surface area contributed by atoms with Gasteiger partial charge in [-0.05, 0) is 24.3 Å². The van der Waals surface area contributed by atoms with Gasteiger partial charge in [-0.3, -0.25) is 14.7 Å². The summed E-state index contributed by atoms with van der Waals surface area (Å²) < 4.78 is 1.73. The zero-order valence-electron chi connectivity index (χ0n) is 9.35. The zero-order chi connectivity index (χ0) is 12.5. The first-order valence-corrected chi connectivity index (χ1v) is 5.43. The SMILES string of the molecule is O=[N+]([O-])c1ccccc1-n1ccc2cccnc21. The van der Waals surface area contributed by atoms with Crippen LogP contribution in [0.2, 0.25) is 0 Å². The van der Waals surface area contributed by atoms with E-state index < -0.39 is 0 Å². The van der Waals surface area contributed by atoms with Gasteiger partial charge < -0.3 is 0 Å². The van der Waals surface area contributed by atoms with Crippen LogP contribution >= 0.6 is 0 Å². The Morgan fingerprint density at radius 2 is 1.94 bits per heavy atom. The molecular formula is C13H9N3O2. The number of pyridine rings is 1. The molecule has 0 bridgehead atoms. The number of nitrogens with zero attached hydrogens (tertiary/aromatic N) is 3. The first-order valence-electron chi connectivity index (χ1n) is 5.43. The minimum atomic E-state index is -0.385. The standard InChI is InChI=1S/C13H9N3O2/c17-16(18)12-6-2-1-5-11(12)15-9-7-10-4-3-8-14-13(10)15/h1-9H. The lowest BCUT2D eigenvalue weighted by atomic mass is 10.2. The van der Waals surface area contributed by atoms with Crippen LogP contribution in [0.1, 0.15) is 0 Å². The summed E-state index contributed by atoms with van der Waals surface area (Å²) in [6.45, 7) is 0. The molecule has 5 heteroatoms. The fourth-order valence-corrected chi connectivity index (χ4v) is 1.98. The first kappa shape index (κ1) is 10.5. The van der Waals surface area contributed by atoms with Crippen molar-refractivity contribution in [1.29, 1.82) is 0 Å². The third kappa shape index (κ3) is 1.53. The molecule has 5 nitrogen and oxygen atoms in total. The second kappa shape index (κ2) is 3.96. The second-order valence-corrected chi connectivity index (χ2v) is 3.85. The molecule has 2 heterocycles. The van der Waals surface area contributed by atoms with E-state index in [1.165, 1.54) is 6.07 Å². The van der Waals surface area contributed by atoms with Gasteiger partial charge in [0.1, 0.15) is 11.3 Å². The summed E-state index contributed by atoms with van der Waals surface area (Å²) in [6.07, 6.45) is 3.47. The summed E-state index contributed by atoms with van der Waals surface area (Å²) >= 11 is 0. The normalized spacial score (nSPS) is 10.7. The van der Waals surface area contributed by atoms with Gasteiger partial charge in [0.2, 0.25) is 0 Å². The largest absolute Gasteiger partial charge is 0.295 e. The molecule has 0 amide bonds. The summed E-state index contributed by atoms with van der Waals surface area (Å²) in [7, 11) is 0. The number of nitro groups is 1. The summed E-state index contributed by atoms with van der Waals surface area (Å²) in [6, 6.07) is 12.3. The Morgan fingerprint density at radius 3 is 2.78 bits per heavy atom. The molecule has 0 unspecified atom stereocenters. The molecule has 3 rings (SSSR count). The average molecular weight is 239 g/mol. The summed E-state index contributed by atoms with van der Waals surface area (Å²) in [5.74, 6) is 0. The Morgan fingerprint density at radius 1 is 1.11 bits per heavy atom. The van der Waals surface area contributed by atoms with Gasteiger partial charge in [-0.2, -0.15) is 0 Å². The maximum Gasteiger partial charge on any atom is 0.293 e. The fraction of sp³-hybridized carbons (Fsp3) is 0. The molecule has 0 aliphatic heterocycles. The van der Waals surface area contributed by atoms with Crippen LogP contribution in [0.25, 0.3) is 16.7 Å². The monoisotopic (exact) mass is 239 g/mol. The van der Waals surface area contributed by atoms with Gasteiger partial charge in [0, 0.05) is 23.8 Å². The molecule has 0 saturated heterocycles. The van der Waals surface area contributed by atoms with E-state index in [0.29, 0.717) is 11.3 Å². The lowest BCUT2D eigenvalue weighted by Gasteiger charge is -2.05. The van der Waals surface area contributed by atoms with E-state index in [1.807, 2.05) is 18.2 Å². The van der Waals surface area contributed by atoms with Crippen molar-refractivity contribution in [3.8, 4) is 5.69 Å². The minimum absolute atomic E-state index is 0.0700. The highest BCUT2D eigenvalue weighted by Crippen LogP contribution is 2.25. The molecule has 0 spiro atoms. The molecular weight excluding hydrogens is 230 g/mol. The Kier molecular flexibility index (Phi) is 2.30. The van der Waals surface area contributed by atoms with E-state index in [2.05, 4.69) is 4.98 Å². The van der Waals surface area contributed by atoms with Gasteiger partial charge in [-0.1, -0.05) is 12.1 Å². The second-order valence-electron chi connectivity index (χ2n) is 3.85. The Bertz CT molecular complexity index is 734. The third-order valence-corrected chi connectivity index (χ3v) is 2.79. The predicted octanol–water partition coefficient (Wildman–Crippen LogP) is 2.93. The van der Waals surface area contributed by atoms with Crippen molar-refractivity contribution >= 4 is 16.7 Å². The first-order chi connectivity index (χ1) is 8.77.